The molecule has 6 heteroatoms. The van der Waals surface area contributed by atoms with Crippen LogP contribution in [0.4, 0.5) is 16.2 Å². The fourth-order valence-corrected chi connectivity index (χ4v) is 2.42. The number of rotatable bonds is 3. The Labute approximate surface area is 117 Å². The van der Waals surface area contributed by atoms with Crippen LogP contribution in [0.5, 0.6) is 0 Å². The molecule has 1 aliphatic rings. The van der Waals surface area contributed by atoms with E-state index >= 15 is 0 Å². The van der Waals surface area contributed by atoms with Gasteiger partial charge in [-0.3, -0.25) is 4.90 Å². The molecule has 0 unspecified atom stereocenters. The number of anilines is 2. The molecule has 1 saturated heterocycles. The standard InChI is InChI=1S/C14H19N3O3/c1-2-17(14(20)16-7-3-4-8-16)12-6-5-10(13(18)19)9-11(12)15/h5-6,9H,2-4,7-8,15H2,1H3,(H,18,19). The number of urea groups is 1. The molecule has 0 radical (unpaired) electrons. The average Bonchev–Trinajstić information content (AvgIpc) is 2.94. The Balaban J connectivity index is 2.27. The highest BCUT2D eigenvalue weighted by molar-refractivity contribution is 5.97. The molecule has 1 aromatic carbocycles. The van der Waals surface area contributed by atoms with Crippen LogP contribution in [0.1, 0.15) is 30.1 Å². The molecule has 0 saturated carbocycles. The number of nitrogens with two attached hydrogens (primary N) is 1. The molecule has 108 valence electrons. The number of hydrogen-bond acceptors (Lipinski definition) is 3. The van der Waals surface area contributed by atoms with Gasteiger partial charge in [-0.1, -0.05) is 0 Å². The Morgan fingerprint density at radius 2 is 2.00 bits per heavy atom. The molecule has 1 fully saturated rings. The summed E-state index contributed by atoms with van der Waals surface area (Å²) in [6.07, 6.45) is 2.05. The van der Waals surface area contributed by atoms with E-state index in [2.05, 4.69) is 0 Å². The van der Waals surface area contributed by atoms with E-state index in [4.69, 9.17) is 10.8 Å². The molecule has 20 heavy (non-hydrogen) atoms. The van der Waals surface area contributed by atoms with E-state index in [1.165, 1.54) is 12.1 Å². The molecule has 1 heterocycles. The average molecular weight is 277 g/mol. The highest BCUT2D eigenvalue weighted by atomic mass is 16.4. The zero-order valence-corrected chi connectivity index (χ0v) is 11.5. The van der Waals surface area contributed by atoms with Gasteiger partial charge in [0.1, 0.15) is 0 Å². The van der Waals surface area contributed by atoms with Gasteiger partial charge in [0, 0.05) is 19.6 Å². The maximum Gasteiger partial charge on any atom is 0.335 e. The van der Waals surface area contributed by atoms with E-state index in [-0.39, 0.29) is 11.6 Å². The first kappa shape index (κ1) is 14.2. The van der Waals surface area contributed by atoms with Gasteiger partial charge in [0.15, 0.2) is 0 Å². The minimum atomic E-state index is -1.03. The number of carboxylic acids is 1. The second-order valence-corrected chi connectivity index (χ2v) is 4.80. The van der Waals surface area contributed by atoms with Gasteiger partial charge in [-0.05, 0) is 38.0 Å². The molecule has 2 amide bonds. The number of hydrogen-bond donors (Lipinski definition) is 2. The number of carbonyl (C=O) groups excluding carboxylic acids is 1. The van der Waals surface area contributed by atoms with E-state index in [1.807, 2.05) is 6.92 Å². The second kappa shape index (κ2) is 5.81. The monoisotopic (exact) mass is 277 g/mol. The number of amides is 2. The van der Waals surface area contributed by atoms with Crippen molar-refractivity contribution in [1.29, 1.82) is 0 Å². The first-order valence-corrected chi connectivity index (χ1v) is 6.74. The zero-order valence-electron chi connectivity index (χ0n) is 11.5. The number of likely N-dealkylation sites (tertiary alicyclic amines) is 1. The minimum Gasteiger partial charge on any atom is -0.478 e. The number of aromatic carboxylic acids is 1. The molecule has 0 atom stereocenters. The van der Waals surface area contributed by atoms with Crippen LogP contribution < -0.4 is 10.6 Å². The molecule has 0 spiro atoms. The maximum absolute atomic E-state index is 12.4. The molecular formula is C14H19N3O3. The van der Waals surface area contributed by atoms with Crippen molar-refractivity contribution in [1.82, 2.24) is 4.90 Å². The number of carboxylic acid groups (broad SMARTS) is 1. The van der Waals surface area contributed by atoms with Crippen LogP contribution in [0.25, 0.3) is 0 Å². The fraction of sp³-hybridized carbons (Fsp3) is 0.429. The summed E-state index contributed by atoms with van der Waals surface area (Å²) in [5.41, 5.74) is 6.89. The summed E-state index contributed by atoms with van der Waals surface area (Å²) in [7, 11) is 0. The van der Waals surface area contributed by atoms with E-state index in [0.717, 1.165) is 25.9 Å². The topological polar surface area (TPSA) is 86.9 Å². The predicted octanol–water partition coefficient (Wildman–Crippen LogP) is 2.01. The lowest BCUT2D eigenvalue weighted by Crippen LogP contribution is -2.42. The van der Waals surface area contributed by atoms with Gasteiger partial charge in [0.05, 0.1) is 16.9 Å². The van der Waals surface area contributed by atoms with Crippen molar-refractivity contribution in [3.8, 4) is 0 Å². The minimum absolute atomic E-state index is 0.0697. The Morgan fingerprint density at radius 3 is 2.50 bits per heavy atom. The maximum atomic E-state index is 12.4. The van der Waals surface area contributed by atoms with Crippen LogP contribution in [0.15, 0.2) is 18.2 Å². The molecule has 0 aliphatic carbocycles. The van der Waals surface area contributed by atoms with E-state index in [9.17, 15) is 9.59 Å². The SMILES string of the molecule is CCN(C(=O)N1CCCC1)c1ccc(C(=O)O)cc1N. The van der Waals surface area contributed by atoms with Crippen molar-refractivity contribution >= 4 is 23.4 Å². The number of benzene rings is 1. The number of nitrogens with zero attached hydrogens (tertiary/aromatic N) is 2. The smallest absolute Gasteiger partial charge is 0.335 e. The molecule has 1 aliphatic heterocycles. The Hall–Kier alpha value is -2.24. The molecule has 0 bridgehead atoms. The summed E-state index contributed by atoms with van der Waals surface area (Å²) in [4.78, 5) is 26.7. The Kier molecular flexibility index (Phi) is 4.12. The summed E-state index contributed by atoms with van der Waals surface area (Å²) >= 11 is 0. The van der Waals surface area contributed by atoms with E-state index < -0.39 is 5.97 Å². The van der Waals surface area contributed by atoms with Gasteiger partial charge in [0.2, 0.25) is 0 Å². The fourth-order valence-electron chi connectivity index (χ4n) is 2.42. The van der Waals surface area contributed by atoms with Crippen LogP contribution in [0.3, 0.4) is 0 Å². The summed E-state index contributed by atoms with van der Waals surface area (Å²) in [5.74, 6) is -1.03. The van der Waals surface area contributed by atoms with Gasteiger partial charge in [-0.2, -0.15) is 0 Å². The molecule has 6 nitrogen and oxygen atoms in total. The first-order valence-electron chi connectivity index (χ1n) is 6.74. The molecule has 2 rings (SSSR count). The van der Waals surface area contributed by atoms with E-state index in [0.29, 0.717) is 17.9 Å². The summed E-state index contributed by atoms with van der Waals surface area (Å²) in [5, 5.41) is 8.93. The normalized spacial score (nSPS) is 14.3. The van der Waals surface area contributed by atoms with Crippen LogP contribution >= 0.6 is 0 Å². The van der Waals surface area contributed by atoms with Gasteiger partial charge in [-0.25, -0.2) is 9.59 Å². The van der Waals surface area contributed by atoms with Crippen molar-refractivity contribution in [3.05, 3.63) is 23.8 Å². The van der Waals surface area contributed by atoms with E-state index in [1.54, 1.807) is 15.9 Å². The highest BCUT2D eigenvalue weighted by Gasteiger charge is 2.25. The van der Waals surface area contributed by atoms with Crippen LogP contribution in [-0.4, -0.2) is 41.6 Å². The third kappa shape index (κ3) is 2.68. The van der Waals surface area contributed by atoms with Gasteiger partial charge < -0.3 is 15.7 Å². The Bertz CT molecular complexity index is 524. The van der Waals surface area contributed by atoms with Crippen molar-refractivity contribution in [2.24, 2.45) is 0 Å². The van der Waals surface area contributed by atoms with Crippen molar-refractivity contribution in [3.63, 3.8) is 0 Å². The molecular weight excluding hydrogens is 258 g/mol. The van der Waals surface area contributed by atoms with Gasteiger partial charge >= 0.3 is 12.0 Å². The first-order chi connectivity index (χ1) is 9.54. The third-order valence-electron chi connectivity index (χ3n) is 3.49. The number of nitrogen functional groups attached to an aromatic ring is 1. The Morgan fingerprint density at radius 1 is 1.35 bits per heavy atom. The quantitative estimate of drug-likeness (QED) is 0.827. The second-order valence-electron chi connectivity index (χ2n) is 4.80. The van der Waals surface area contributed by atoms with Crippen molar-refractivity contribution in [2.45, 2.75) is 19.8 Å². The predicted molar refractivity (Wildman–Crippen MR) is 77.0 cm³/mol. The number of carbonyl (C=O) groups is 2. The summed E-state index contributed by atoms with van der Waals surface area (Å²) in [6, 6.07) is 4.38. The van der Waals surface area contributed by atoms with Gasteiger partial charge in [-0.15, -0.1) is 0 Å². The summed E-state index contributed by atoms with van der Waals surface area (Å²) in [6.45, 7) is 3.90. The van der Waals surface area contributed by atoms with Crippen molar-refractivity contribution in [2.75, 3.05) is 30.3 Å². The van der Waals surface area contributed by atoms with Crippen molar-refractivity contribution < 1.29 is 14.7 Å². The molecule has 3 N–H and O–H groups in total. The third-order valence-corrected chi connectivity index (χ3v) is 3.49. The molecule has 0 aromatic heterocycles. The van der Waals surface area contributed by atoms with Crippen LogP contribution in [0.2, 0.25) is 0 Å². The lowest BCUT2D eigenvalue weighted by atomic mass is 10.1. The lowest BCUT2D eigenvalue weighted by Gasteiger charge is -2.28. The zero-order chi connectivity index (χ0) is 14.7. The van der Waals surface area contributed by atoms with Crippen LogP contribution in [0, 0.1) is 0 Å². The van der Waals surface area contributed by atoms with Crippen LogP contribution in [-0.2, 0) is 0 Å². The highest BCUT2D eigenvalue weighted by Crippen LogP contribution is 2.26. The van der Waals surface area contributed by atoms with Gasteiger partial charge in [0.25, 0.3) is 0 Å². The largest absolute Gasteiger partial charge is 0.478 e. The lowest BCUT2D eigenvalue weighted by molar-refractivity contribution is 0.0697. The summed E-state index contributed by atoms with van der Waals surface area (Å²) < 4.78 is 0. The molecule has 1 aromatic rings.